The number of pyridine rings is 1. The topological polar surface area (TPSA) is 37.4 Å². The Balaban J connectivity index is 1.90. The molecule has 0 saturated carbocycles. The summed E-state index contributed by atoms with van der Waals surface area (Å²) >= 11 is 0. The van der Waals surface area contributed by atoms with E-state index in [1.54, 1.807) is 0 Å². The fraction of sp³-hybridized carbons (Fsp3) is 0.667. The van der Waals surface area contributed by atoms with Crippen molar-refractivity contribution < 1.29 is 4.74 Å². The highest BCUT2D eigenvalue weighted by molar-refractivity contribution is 5.35. The van der Waals surface area contributed by atoms with E-state index in [4.69, 9.17) is 4.74 Å². The van der Waals surface area contributed by atoms with E-state index in [-0.39, 0.29) is 0 Å². The first-order valence-electron chi connectivity index (χ1n) is 7.27. The molecule has 1 N–H and O–H groups in total. The number of aromatic nitrogens is 1. The van der Waals surface area contributed by atoms with E-state index < -0.39 is 0 Å². The van der Waals surface area contributed by atoms with Crippen molar-refractivity contribution in [3.8, 4) is 0 Å². The fourth-order valence-electron chi connectivity index (χ4n) is 2.43. The van der Waals surface area contributed by atoms with Crippen molar-refractivity contribution >= 4 is 5.82 Å². The molecule has 4 nitrogen and oxygen atoms in total. The molecule has 0 unspecified atom stereocenters. The van der Waals surface area contributed by atoms with Gasteiger partial charge < -0.3 is 10.1 Å². The molecule has 19 heavy (non-hydrogen) atoms. The summed E-state index contributed by atoms with van der Waals surface area (Å²) in [6.45, 7) is 5.83. The summed E-state index contributed by atoms with van der Waals surface area (Å²) in [7, 11) is 2.18. The second kappa shape index (κ2) is 7.46. The zero-order chi connectivity index (χ0) is 13.5. The van der Waals surface area contributed by atoms with Crippen LogP contribution in [0.25, 0.3) is 0 Å². The largest absolute Gasteiger partial charge is 0.381 e. The molecule has 1 aromatic heterocycles. The number of nitrogens with zero attached hydrogens (tertiary/aromatic N) is 2. The first-order chi connectivity index (χ1) is 9.29. The standard InChI is InChI=1S/C15H25N3O/c1-3-9-16-15-6-4-5-13(17-15)12-18(2)14-7-10-19-11-8-14/h4-6,14H,3,7-12H2,1-2H3,(H,16,17). The van der Waals surface area contributed by atoms with E-state index in [1.165, 1.54) is 0 Å². The molecule has 0 bridgehead atoms. The van der Waals surface area contributed by atoms with Crippen molar-refractivity contribution in [2.45, 2.75) is 38.8 Å². The Bertz CT molecular complexity index is 377. The zero-order valence-corrected chi connectivity index (χ0v) is 12.1. The number of ether oxygens (including phenoxy) is 1. The van der Waals surface area contributed by atoms with Gasteiger partial charge in [0.15, 0.2) is 0 Å². The molecule has 4 heteroatoms. The maximum Gasteiger partial charge on any atom is 0.126 e. The van der Waals surface area contributed by atoms with Gasteiger partial charge in [0, 0.05) is 32.3 Å². The van der Waals surface area contributed by atoms with Crippen molar-refractivity contribution in [1.82, 2.24) is 9.88 Å². The SMILES string of the molecule is CCCNc1cccc(CN(C)C2CCOCC2)n1. The summed E-state index contributed by atoms with van der Waals surface area (Å²) in [6.07, 6.45) is 3.38. The second-order valence-corrected chi connectivity index (χ2v) is 5.20. The Morgan fingerprint density at radius 2 is 2.16 bits per heavy atom. The van der Waals surface area contributed by atoms with E-state index in [2.05, 4.69) is 41.3 Å². The van der Waals surface area contributed by atoms with Crippen molar-refractivity contribution in [1.29, 1.82) is 0 Å². The summed E-state index contributed by atoms with van der Waals surface area (Å²) in [5.41, 5.74) is 1.13. The Morgan fingerprint density at radius 3 is 2.89 bits per heavy atom. The Hall–Kier alpha value is -1.13. The molecule has 1 aromatic rings. The van der Waals surface area contributed by atoms with Gasteiger partial charge in [0.25, 0.3) is 0 Å². The molecule has 0 amide bonds. The number of hydrogen-bond donors (Lipinski definition) is 1. The highest BCUT2D eigenvalue weighted by Gasteiger charge is 2.18. The van der Waals surface area contributed by atoms with Gasteiger partial charge in [-0.05, 0) is 38.4 Å². The third-order valence-electron chi connectivity index (χ3n) is 3.59. The third kappa shape index (κ3) is 4.48. The van der Waals surface area contributed by atoms with E-state index in [9.17, 15) is 0 Å². The zero-order valence-electron chi connectivity index (χ0n) is 12.1. The van der Waals surface area contributed by atoms with Crippen LogP contribution in [0.3, 0.4) is 0 Å². The second-order valence-electron chi connectivity index (χ2n) is 5.20. The molecular weight excluding hydrogens is 238 g/mol. The predicted molar refractivity (Wildman–Crippen MR) is 78.3 cm³/mol. The maximum atomic E-state index is 5.41. The minimum atomic E-state index is 0.628. The molecule has 1 saturated heterocycles. The molecule has 0 radical (unpaired) electrons. The average Bonchev–Trinajstić information content (AvgIpc) is 2.46. The van der Waals surface area contributed by atoms with Crippen LogP contribution in [0.5, 0.6) is 0 Å². The molecule has 2 rings (SSSR count). The van der Waals surface area contributed by atoms with Crippen LogP contribution in [-0.2, 0) is 11.3 Å². The minimum absolute atomic E-state index is 0.628. The van der Waals surface area contributed by atoms with Gasteiger partial charge >= 0.3 is 0 Å². The molecule has 2 heterocycles. The van der Waals surface area contributed by atoms with Crippen molar-refractivity contribution in [2.24, 2.45) is 0 Å². The van der Waals surface area contributed by atoms with Crippen LogP contribution >= 0.6 is 0 Å². The van der Waals surface area contributed by atoms with Gasteiger partial charge in [-0.25, -0.2) is 4.98 Å². The monoisotopic (exact) mass is 263 g/mol. The van der Waals surface area contributed by atoms with Crippen molar-refractivity contribution in [3.05, 3.63) is 23.9 Å². The van der Waals surface area contributed by atoms with Gasteiger partial charge in [0.2, 0.25) is 0 Å². The number of nitrogens with one attached hydrogen (secondary N) is 1. The van der Waals surface area contributed by atoms with Gasteiger partial charge in [-0.1, -0.05) is 13.0 Å². The highest BCUT2D eigenvalue weighted by atomic mass is 16.5. The summed E-state index contributed by atoms with van der Waals surface area (Å²) in [6, 6.07) is 6.85. The normalized spacial score (nSPS) is 16.8. The molecule has 0 atom stereocenters. The number of hydrogen-bond acceptors (Lipinski definition) is 4. The number of anilines is 1. The van der Waals surface area contributed by atoms with Crippen LogP contribution in [0.2, 0.25) is 0 Å². The first-order valence-corrected chi connectivity index (χ1v) is 7.27. The lowest BCUT2D eigenvalue weighted by Crippen LogP contribution is -2.36. The summed E-state index contributed by atoms with van der Waals surface area (Å²) < 4.78 is 5.41. The fourth-order valence-corrected chi connectivity index (χ4v) is 2.43. The average molecular weight is 263 g/mol. The van der Waals surface area contributed by atoms with Crippen molar-refractivity contribution in [3.63, 3.8) is 0 Å². The molecule has 0 aliphatic carbocycles. The van der Waals surface area contributed by atoms with Gasteiger partial charge in [-0.3, -0.25) is 4.90 Å². The van der Waals surface area contributed by atoms with Crippen LogP contribution in [0.4, 0.5) is 5.82 Å². The third-order valence-corrected chi connectivity index (χ3v) is 3.59. The van der Waals surface area contributed by atoms with E-state index in [1.807, 2.05) is 6.07 Å². The molecule has 1 aliphatic heterocycles. The Morgan fingerprint density at radius 1 is 1.37 bits per heavy atom. The van der Waals surface area contributed by atoms with Gasteiger partial charge in [0.1, 0.15) is 5.82 Å². The lowest BCUT2D eigenvalue weighted by Gasteiger charge is -2.30. The Labute approximate surface area is 116 Å². The van der Waals surface area contributed by atoms with Crippen LogP contribution in [-0.4, -0.2) is 42.7 Å². The molecule has 0 aromatic carbocycles. The molecule has 1 aliphatic rings. The van der Waals surface area contributed by atoms with E-state index >= 15 is 0 Å². The molecule has 1 fully saturated rings. The van der Waals surface area contributed by atoms with Crippen LogP contribution in [0.15, 0.2) is 18.2 Å². The van der Waals surface area contributed by atoms with E-state index in [0.29, 0.717) is 6.04 Å². The lowest BCUT2D eigenvalue weighted by atomic mass is 10.1. The van der Waals surface area contributed by atoms with Crippen LogP contribution in [0, 0.1) is 0 Å². The van der Waals surface area contributed by atoms with Gasteiger partial charge in [-0.15, -0.1) is 0 Å². The van der Waals surface area contributed by atoms with Gasteiger partial charge in [0.05, 0.1) is 5.69 Å². The molecular formula is C15H25N3O. The quantitative estimate of drug-likeness (QED) is 0.856. The number of rotatable bonds is 6. The minimum Gasteiger partial charge on any atom is -0.381 e. The summed E-state index contributed by atoms with van der Waals surface area (Å²) in [5.74, 6) is 0.986. The summed E-state index contributed by atoms with van der Waals surface area (Å²) in [5, 5.41) is 3.34. The van der Waals surface area contributed by atoms with Crippen LogP contribution in [0.1, 0.15) is 31.9 Å². The van der Waals surface area contributed by atoms with Crippen LogP contribution < -0.4 is 5.32 Å². The highest BCUT2D eigenvalue weighted by Crippen LogP contribution is 2.15. The Kier molecular flexibility index (Phi) is 5.61. The predicted octanol–water partition coefficient (Wildman–Crippen LogP) is 2.51. The smallest absolute Gasteiger partial charge is 0.126 e. The summed E-state index contributed by atoms with van der Waals surface area (Å²) in [4.78, 5) is 7.06. The van der Waals surface area contributed by atoms with E-state index in [0.717, 1.165) is 57.1 Å². The molecule has 0 spiro atoms. The first kappa shape index (κ1) is 14.3. The van der Waals surface area contributed by atoms with Crippen molar-refractivity contribution in [2.75, 3.05) is 32.1 Å². The van der Waals surface area contributed by atoms with Gasteiger partial charge in [-0.2, -0.15) is 0 Å². The molecule has 106 valence electrons. The maximum absolute atomic E-state index is 5.41. The lowest BCUT2D eigenvalue weighted by molar-refractivity contribution is 0.0403.